The van der Waals surface area contributed by atoms with Gasteiger partial charge in [-0.2, -0.15) is 5.21 Å². The van der Waals surface area contributed by atoms with Crippen LogP contribution in [-0.2, 0) is 29.3 Å². The van der Waals surface area contributed by atoms with Gasteiger partial charge in [-0.3, -0.25) is 9.59 Å². The van der Waals surface area contributed by atoms with Crippen molar-refractivity contribution < 1.29 is 18.7 Å². The summed E-state index contributed by atoms with van der Waals surface area (Å²) in [6.45, 7) is 1.02. The van der Waals surface area contributed by atoms with Gasteiger partial charge in [-0.25, -0.2) is 4.39 Å². The average Bonchev–Trinajstić information content (AvgIpc) is 3.59. The van der Waals surface area contributed by atoms with Gasteiger partial charge < -0.3 is 15.0 Å². The number of benzene rings is 3. The second kappa shape index (κ2) is 11.0. The van der Waals surface area contributed by atoms with Crippen LogP contribution in [0.25, 0.3) is 11.4 Å². The number of tetrazole rings is 1. The highest BCUT2D eigenvalue weighted by Crippen LogP contribution is 2.22. The zero-order valence-electron chi connectivity index (χ0n) is 19.9. The minimum Gasteiger partial charge on any atom is -0.489 e. The van der Waals surface area contributed by atoms with E-state index in [9.17, 15) is 14.0 Å². The topological polar surface area (TPSA) is 113 Å². The SMILES string of the molecule is O=C(NCc1ccc(OCc2ccc(-c3nn[nH]n3)cc2)cc1)[C@@H]1CCC(=O)N1Cc1ccc(F)cc1. The minimum absolute atomic E-state index is 0.0737. The molecule has 2 N–H and O–H groups in total. The molecule has 1 atom stereocenters. The fourth-order valence-electron chi connectivity index (χ4n) is 4.20. The summed E-state index contributed by atoms with van der Waals surface area (Å²) in [6, 6.07) is 20.6. The highest BCUT2D eigenvalue weighted by molar-refractivity contribution is 5.90. The number of hydrogen-bond acceptors (Lipinski definition) is 6. The number of carbonyl (C=O) groups excluding carboxylic acids is 2. The zero-order chi connectivity index (χ0) is 25.6. The Morgan fingerprint density at radius 3 is 2.41 bits per heavy atom. The monoisotopic (exact) mass is 500 g/mol. The number of hydrogen-bond donors (Lipinski definition) is 2. The maximum atomic E-state index is 13.2. The van der Waals surface area contributed by atoms with Gasteiger partial charge in [0.15, 0.2) is 0 Å². The van der Waals surface area contributed by atoms with Crippen LogP contribution < -0.4 is 10.1 Å². The van der Waals surface area contributed by atoms with Gasteiger partial charge in [0.25, 0.3) is 0 Å². The molecule has 188 valence electrons. The van der Waals surface area contributed by atoms with Gasteiger partial charge in [0.1, 0.15) is 24.2 Å². The molecule has 1 aromatic heterocycles. The molecule has 9 nitrogen and oxygen atoms in total. The number of H-pyrrole nitrogens is 1. The van der Waals surface area contributed by atoms with Gasteiger partial charge in [0.2, 0.25) is 17.6 Å². The molecule has 3 aromatic carbocycles. The van der Waals surface area contributed by atoms with Crippen molar-refractivity contribution in [3.05, 3.63) is 95.3 Å². The quantitative estimate of drug-likeness (QED) is 0.364. The van der Waals surface area contributed by atoms with Gasteiger partial charge in [-0.15, -0.1) is 10.2 Å². The largest absolute Gasteiger partial charge is 0.489 e. The summed E-state index contributed by atoms with van der Waals surface area (Å²) in [6.07, 6.45) is 0.792. The fraction of sp³-hybridized carbons (Fsp3) is 0.222. The second-order valence-electron chi connectivity index (χ2n) is 8.79. The van der Waals surface area contributed by atoms with Crippen LogP contribution in [0.1, 0.15) is 29.5 Å². The Morgan fingerprint density at radius 1 is 1.00 bits per heavy atom. The number of halogens is 1. The fourth-order valence-corrected chi connectivity index (χ4v) is 4.20. The highest BCUT2D eigenvalue weighted by atomic mass is 19.1. The summed E-state index contributed by atoms with van der Waals surface area (Å²) in [7, 11) is 0. The minimum atomic E-state index is -0.536. The maximum Gasteiger partial charge on any atom is 0.243 e. The van der Waals surface area contributed by atoms with E-state index < -0.39 is 6.04 Å². The van der Waals surface area contributed by atoms with Crippen molar-refractivity contribution in [3.8, 4) is 17.1 Å². The van der Waals surface area contributed by atoms with Gasteiger partial charge >= 0.3 is 0 Å². The molecule has 1 fully saturated rings. The van der Waals surface area contributed by atoms with Crippen LogP contribution in [0.15, 0.2) is 72.8 Å². The number of carbonyl (C=O) groups is 2. The van der Waals surface area contributed by atoms with Crippen molar-refractivity contribution in [2.45, 2.75) is 38.6 Å². The third-order valence-electron chi connectivity index (χ3n) is 6.25. The maximum absolute atomic E-state index is 13.2. The first-order chi connectivity index (χ1) is 18.0. The summed E-state index contributed by atoms with van der Waals surface area (Å²) in [5.41, 5.74) is 3.57. The third-order valence-corrected chi connectivity index (χ3v) is 6.25. The van der Waals surface area contributed by atoms with Crippen molar-refractivity contribution in [1.29, 1.82) is 0 Å². The second-order valence-corrected chi connectivity index (χ2v) is 8.79. The molecule has 0 saturated carbocycles. The number of amides is 2. The lowest BCUT2D eigenvalue weighted by atomic mass is 10.1. The van der Waals surface area contributed by atoms with Gasteiger partial charge in [0, 0.05) is 25.1 Å². The molecule has 0 spiro atoms. The molecule has 2 heterocycles. The van der Waals surface area contributed by atoms with Gasteiger partial charge in [-0.05, 0) is 52.6 Å². The Balaban J connectivity index is 1.11. The van der Waals surface area contributed by atoms with Crippen LogP contribution in [0.5, 0.6) is 5.75 Å². The Kier molecular flexibility index (Phi) is 7.16. The normalized spacial score (nSPS) is 15.1. The van der Waals surface area contributed by atoms with E-state index >= 15 is 0 Å². The van der Waals surface area contributed by atoms with E-state index in [1.165, 1.54) is 12.1 Å². The Labute approximate surface area is 212 Å². The lowest BCUT2D eigenvalue weighted by Gasteiger charge is -2.24. The summed E-state index contributed by atoms with van der Waals surface area (Å²) in [5.74, 6) is 0.644. The van der Waals surface area contributed by atoms with E-state index in [0.29, 0.717) is 37.6 Å². The predicted octanol–water partition coefficient (Wildman–Crippen LogP) is 3.39. The molecule has 37 heavy (non-hydrogen) atoms. The molecule has 0 aliphatic carbocycles. The molecule has 10 heteroatoms. The molecule has 2 amide bonds. The van der Waals surface area contributed by atoms with Crippen molar-refractivity contribution in [1.82, 2.24) is 30.8 Å². The first-order valence-electron chi connectivity index (χ1n) is 11.9. The van der Waals surface area contributed by atoms with Crippen LogP contribution in [0.2, 0.25) is 0 Å². The van der Waals surface area contributed by atoms with Crippen LogP contribution in [0, 0.1) is 5.82 Å². The molecule has 0 unspecified atom stereocenters. The van der Waals surface area contributed by atoms with E-state index in [2.05, 4.69) is 25.9 Å². The number of ether oxygens (including phenoxy) is 1. The summed E-state index contributed by atoms with van der Waals surface area (Å²) in [4.78, 5) is 26.8. The smallest absolute Gasteiger partial charge is 0.243 e. The Bertz CT molecular complexity index is 1340. The van der Waals surface area contributed by atoms with Crippen LogP contribution >= 0.6 is 0 Å². The first-order valence-corrected chi connectivity index (χ1v) is 11.9. The average molecular weight is 501 g/mol. The van der Waals surface area contributed by atoms with Crippen molar-refractivity contribution in [3.63, 3.8) is 0 Å². The van der Waals surface area contributed by atoms with Gasteiger partial charge in [0.05, 0.1) is 0 Å². The number of aromatic amines is 1. The van der Waals surface area contributed by atoms with Crippen molar-refractivity contribution in [2.24, 2.45) is 0 Å². The standard InChI is InChI=1S/C27H25FN6O3/c28-22-9-3-19(4-10-22)16-34-24(13-14-25(34)35)27(36)29-15-18-5-11-23(12-6-18)37-17-20-1-7-21(8-2-20)26-30-32-33-31-26/h1-12,24H,13-17H2,(H,29,36)(H,30,31,32,33)/t24-/m0/s1. The molecule has 1 saturated heterocycles. The lowest BCUT2D eigenvalue weighted by molar-refractivity contribution is -0.135. The third kappa shape index (κ3) is 5.97. The molecule has 0 radical (unpaired) electrons. The number of aromatic nitrogens is 4. The number of likely N-dealkylation sites (tertiary alicyclic amines) is 1. The van der Waals surface area contributed by atoms with Crippen molar-refractivity contribution in [2.75, 3.05) is 0 Å². The van der Waals surface area contributed by atoms with E-state index in [1.54, 1.807) is 17.0 Å². The molecule has 1 aliphatic heterocycles. The lowest BCUT2D eigenvalue weighted by Crippen LogP contribution is -2.44. The Morgan fingerprint density at radius 2 is 1.70 bits per heavy atom. The van der Waals surface area contributed by atoms with E-state index in [-0.39, 0.29) is 24.2 Å². The van der Waals surface area contributed by atoms with Crippen LogP contribution in [0.3, 0.4) is 0 Å². The Hall–Kier alpha value is -4.60. The summed E-state index contributed by atoms with van der Waals surface area (Å²) < 4.78 is 19.1. The molecular weight excluding hydrogens is 475 g/mol. The summed E-state index contributed by atoms with van der Waals surface area (Å²) >= 11 is 0. The number of nitrogens with zero attached hydrogens (tertiary/aromatic N) is 4. The summed E-state index contributed by atoms with van der Waals surface area (Å²) in [5, 5.41) is 16.8. The predicted molar refractivity (Wildman–Crippen MR) is 132 cm³/mol. The van der Waals surface area contributed by atoms with E-state index in [1.807, 2.05) is 48.5 Å². The van der Waals surface area contributed by atoms with E-state index in [4.69, 9.17) is 4.74 Å². The van der Waals surface area contributed by atoms with Crippen LogP contribution in [-0.4, -0.2) is 43.4 Å². The number of nitrogens with one attached hydrogen (secondary N) is 2. The highest BCUT2D eigenvalue weighted by Gasteiger charge is 2.35. The first kappa shape index (κ1) is 24.1. The molecule has 0 bridgehead atoms. The molecular formula is C27H25FN6O3. The van der Waals surface area contributed by atoms with E-state index in [0.717, 1.165) is 22.3 Å². The molecule has 4 aromatic rings. The van der Waals surface area contributed by atoms with Gasteiger partial charge in [-0.1, -0.05) is 48.5 Å². The van der Waals surface area contributed by atoms with Crippen molar-refractivity contribution >= 4 is 11.8 Å². The zero-order valence-corrected chi connectivity index (χ0v) is 19.9. The molecule has 1 aliphatic rings. The van der Waals surface area contributed by atoms with Crippen LogP contribution in [0.4, 0.5) is 4.39 Å². The number of rotatable bonds is 9. The molecule has 5 rings (SSSR count).